The van der Waals surface area contributed by atoms with E-state index in [0.29, 0.717) is 26.4 Å². The second-order valence-electron chi connectivity index (χ2n) is 11.1. The highest BCUT2D eigenvalue weighted by Gasteiger charge is 2.61. The average Bonchev–Trinajstić information content (AvgIpc) is 2.74. The molecule has 2 fully saturated rings. The summed E-state index contributed by atoms with van der Waals surface area (Å²) < 4.78 is 47.3. The van der Waals surface area contributed by atoms with E-state index >= 15 is 0 Å². The molecule has 2 aliphatic rings. The van der Waals surface area contributed by atoms with Crippen LogP contribution in [0.3, 0.4) is 0 Å². The summed E-state index contributed by atoms with van der Waals surface area (Å²) in [6.07, 6.45) is 0. The van der Waals surface area contributed by atoms with Crippen LogP contribution in [0.4, 0.5) is 0 Å². The molecule has 0 atom stereocenters. The van der Waals surface area contributed by atoms with Crippen LogP contribution in [0.5, 0.6) is 0 Å². The smallest absolute Gasteiger partial charge is 0.381 e. The Morgan fingerprint density at radius 3 is 0.806 bits per heavy atom. The van der Waals surface area contributed by atoms with Gasteiger partial charge in [-0.2, -0.15) is 0 Å². The summed E-state index contributed by atoms with van der Waals surface area (Å²) in [7, 11) is -10.7. The van der Waals surface area contributed by atoms with Crippen molar-refractivity contribution in [3.8, 4) is 0 Å². The highest BCUT2D eigenvalue weighted by Crippen LogP contribution is 2.38. The van der Waals surface area contributed by atoms with Gasteiger partial charge in [0.2, 0.25) is 0 Å². The molecule has 0 bridgehead atoms. The van der Waals surface area contributed by atoms with Crippen LogP contribution in [0.25, 0.3) is 0 Å². The highest BCUT2D eigenvalue weighted by molar-refractivity contribution is 7.49. The molecule has 8 nitrogen and oxygen atoms in total. The van der Waals surface area contributed by atoms with Crippen molar-refractivity contribution in [3.05, 3.63) is 0 Å². The molecule has 0 aromatic carbocycles. The van der Waals surface area contributed by atoms with Crippen molar-refractivity contribution in [2.45, 2.75) is 93.2 Å². The van der Waals surface area contributed by atoms with E-state index in [1.165, 1.54) is 0 Å². The van der Waals surface area contributed by atoms with Gasteiger partial charge in [-0.3, -0.25) is 0 Å². The van der Waals surface area contributed by atoms with E-state index < -0.39 is 47.5 Å². The van der Waals surface area contributed by atoms with Crippen LogP contribution in [0.2, 0.25) is 65.5 Å². The zero-order valence-corrected chi connectivity index (χ0v) is 37.6. The maximum atomic E-state index is 6.57. The summed E-state index contributed by atoms with van der Waals surface area (Å²) in [5.41, 5.74) is 0. The minimum absolute atomic E-state index is 0.0216. The molecule has 0 spiro atoms. The standard InChI is InChI=1S/C10H26O4Si2.C8H24O2Si4.H8O2Si4/c1-7-11-15(5,12-8-2)16(6,13-9-3)14-10-4;1-11(2)9-13(5,6)14(7,8)10-12(11,3)4;1-3-5-2-6-4-1/h7-10H2,1-6H3;1-8H3;3-6H2. The van der Waals surface area contributed by atoms with E-state index in [0.717, 1.165) is 0 Å². The van der Waals surface area contributed by atoms with Crippen molar-refractivity contribution in [3.63, 3.8) is 0 Å². The molecule has 2 saturated heterocycles. The zero-order valence-electron chi connectivity index (χ0n) is 25.9. The Morgan fingerprint density at radius 1 is 0.472 bits per heavy atom. The van der Waals surface area contributed by atoms with Crippen molar-refractivity contribution >= 4 is 84.6 Å². The van der Waals surface area contributed by atoms with Gasteiger partial charge >= 0.3 is 16.2 Å². The van der Waals surface area contributed by atoms with Gasteiger partial charge < -0.3 is 34.2 Å². The molecule has 18 heteroatoms. The molecule has 2 heterocycles. The van der Waals surface area contributed by atoms with Gasteiger partial charge in [-0.15, -0.1) is 0 Å². The molecule has 0 N–H and O–H groups in total. The monoisotopic (exact) mass is 682 g/mol. The fourth-order valence-electron chi connectivity index (χ4n) is 3.92. The van der Waals surface area contributed by atoms with Crippen LogP contribution in [0.1, 0.15) is 27.7 Å². The van der Waals surface area contributed by atoms with Gasteiger partial charge in [0, 0.05) is 26.4 Å². The Bertz CT molecular complexity index is 529. The Kier molecular flexibility index (Phi) is 17.2. The summed E-state index contributed by atoms with van der Waals surface area (Å²) in [4.78, 5) is 0. The molecule has 2 aliphatic heterocycles. The zero-order chi connectivity index (χ0) is 28.3. The third kappa shape index (κ3) is 11.0. The van der Waals surface area contributed by atoms with Crippen LogP contribution in [-0.2, 0) is 34.2 Å². The van der Waals surface area contributed by atoms with Gasteiger partial charge in [-0.1, -0.05) is 0 Å². The third-order valence-electron chi connectivity index (χ3n) is 7.17. The van der Waals surface area contributed by atoms with E-state index in [-0.39, 0.29) is 37.1 Å². The molecule has 2 rings (SSSR count). The number of hydrogen-bond donors (Lipinski definition) is 0. The van der Waals surface area contributed by atoms with Crippen molar-refractivity contribution in [1.29, 1.82) is 0 Å². The molecule has 218 valence electrons. The van der Waals surface area contributed by atoms with Crippen LogP contribution in [0, 0.1) is 0 Å². The van der Waals surface area contributed by atoms with Gasteiger partial charge in [0.15, 0.2) is 68.5 Å². The summed E-state index contributed by atoms with van der Waals surface area (Å²) in [5.74, 6) is 0. The first kappa shape index (κ1) is 37.8. The van der Waals surface area contributed by atoms with Crippen LogP contribution in [-0.4, -0.2) is 111 Å². The maximum absolute atomic E-state index is 6.57. The first-order valence-electron chi connectivity index (χ1n) is 13.5. The quantitative estimate of drug-likeness (QED) is 0.340. The van der Waals surface area contributed by atoms with Crippen molar-refractivity contribution < 1.29 is 34.2 Å². The van der Waals surface area contributed by atoms with Gasteiger partial charge in [-0.25, -0.2) is 0 Å². The van der Waals surface area contributed by atoms with Crippen LogP contribution in [0.15, 0.2) is 0 Å². The van der Waals surface area contributed by atoms with E-state index in [2.05, 4.69) is 65.5 Å². The van der Waals surface area contributed by atoms with Gasteiger partial charge in [-0.05, 0) is 93.2 Å². The van der Waals surface area contributed by atoms with Crippen LogP contribution >= 0.6 is 0 Å². The molecule has 0 saturated carbocycles. The lowest BCUT2D eigenvalue weighted by molar-refractivity contribution is 0.151. The second-order valence-corrected chi connectivity index (χ2v) is 59.4. The number of hydrogen-bond acceptors (Lipinski definition) is 8. The second kappa shape index (κ2) is 16.3. The molecule has 0 aromatic rings. The minimum atomic E-state index is -2.35. The van der Waals surface area contributed by atoms with Crippen molar-refractivity contribution in [2.24, 2.45) is 0 Å². The Balaban J connectivity index is 0.000000555. The van der Waals surface area contributed by atoms with E-state index in [4.69, 9.17) is 34.2 Å². The normalized spacial score (nSPS) is 25.2. The SMILES string of the molecule is CCO[Si](C)(OCC)[Si](C)(OCC)OCC.C[Si]1(C)O[Si](C)(C)[Si](C)(C)O[Si]1(C)C.O1[SiH2][SiH2]O[SiH2][SiH2]1. The summed E-state index contributed by atoms with van der Waals surface area (Å²) in [5, 5.41) is 0. The highest BCUT2D eigenvalue weighted by atomic mass is 29.4. The fourth-order valence-corrected chi connectivity index (χ4v) is 68.7. The third-order valence-corrected chi connectivity index (χ3v) is 70.2. The lowest BCUT2D eigenvalue weighted by Crippen LogP contribution is -2.78. The molecule has 0 amide bonds. The molecule has 0 unspecified atom stereocenters. The minimum Gasteiger partial charge on any atom is -0.466 e. The molecular formula is C18H58O8Si10. The Hall–Kier alpha value is 1.85. The van der Waals surface area contributed by atoms with Crippen LogP contribution < -0.4 is 0 Å². The van der Waals surface area contributed by atoms with E-state index in [9.17, 15) is 0 Å². The fraction of sp³-hybridized carbons (Fsp3) is 1.00. The molecule has 0 aromatic heterocycles. The largest absolute Gasteiger partial charge is 0.466 e. The lowest BCUT2D eigenvalue weighted by Gasteiger charge is -2.56. The lowest BCUT2D eigenvalue weighted by atomic mass is 10.9. The van der Waals surface area contributed by atoms with Crippen molar-refractivity contribution in [1.82, 2.24) is 0 Å². The van der Waals surface area contributed by atoms with Gasteiger partial charge in [0.1, 0.15) is 0 Å². The summed E-state index contributed by atoms with van der Waals surface area (Å²) >= 11 is 0. The van der Waals surface area contributed by atoms with Crippen molar-refractivity contribution in [2.75, 3.05) is 26.4 Å². The summed E-state index contributed by atoms with van der Waals surface area (Å²) in [6, 6.07) is 0. The Morgan fingerprint density at radius 2 is 0.667 bits per heavy atom. The van der Waals surface area contributed by atoms with E-state index in [1.54, 1.807) is 0 Å². The average molecular weight is 684 g/mol. The molecular weight excluding hydrogens is 625 g/mol. The molecule has 0 aliphatic carbocycles. The topological polar surface area (TPSA) is 73.8 Å². The molecule has 36 heavy (non-hydrogen) atoms. The maximum Gasteiger partial charge on any atom is 0.381 e. The number of rotatable bonds is 9. The summed E-state index contributed by atoms with van der Waals surface area (Å²) in [6.45, 7) is 33.4. The molecule has 0 radical (unpaired) electrons. The Labute approximate surface area is 237 Å². The predicted octanol–water partition coefficient (Wildman–Crippen LogP) is 1.56. The van der Waals surface area contributed by atoms with Gasteiger partial charge in [0.05, 0.1) is 0 Å². The predicted molar refractivity (Wildman–Crippen MR) is 178 cm³/mol. The first-order chi connectivity index (χ1) is 16.4. The first-order valence-corrected chi connectivity index (χ1v) is 43.1. The van der Waals surface area contributed by atoms with Gasteiger partial charge in [0.25, 0.3) is 0 Å². The van der Waals surface area contributed by atoms with E-state index in [1.807, 2.05) is 27.7 Å².